The van der Waals surface area contributed by atoms with Gasteiger partial charge < -0.3 is 15.0 Å². The minimum atomic E-state index is -0.474. The molecule has 178 valence electrons. The van der Waals surface area contributed by atoms with Crippen LogP contribution in [0.4, 0.5) is 0 Å². The Morgan fingerprint density at radius 2 is 1.94 bits per heavy atom. The molecule has 0 aliphatic carbocycles. The number of benzene rings is 2. The molecule has 3 aromatic rings. The summed E-state index contributed by atoms with van der Waals surface area (Å²) in [5.74, 6) is -0.551. The van der Waals surface area contributed by atoms with Crippen LogP contribution in [0.1, 0.15) is 35.0 Å². The Balaban J connectivity index is 1.41. The quantitative estimate of drug-likeness (QED) is 0.368. The highest BCUT2D eigenvalue weighted by atomic mass is 16.5. The Labute approximate surface area is 198 Å². The summed E-state index contributed by atoms with van der Waals surface area (Å²) in [6.07, 6.45) is 0.571. The van der Waals surface area contributed by atoms with Crippen LogP contribution in [0.5, 0.6) is 5.75 Å². The second-order valence-electron chi connectivity index (χ2n) is 8.60. The van der Waals surface area contributed by atoms with E-state index in [2.05, 4.69) is 15.2 Å². The first-order valence-electron chi connectivity index (χ1n) is 11.5. The van der Waals surface area contributed by atoms with Crippen LogP contribution in [0.3, 0.4) is 0 Å². The minimum absolute atomic E-state index is 0.263. The summed E-state index contributed by atoms with van der Waals surface area (Å²) in [6.45, 7) is 6.53. The zero-order chi connectivity index (χ0) is 24.1. The van der Waals surface area contributed by atoms with Gasteiger partial charge in [-0.25, -0.2) is 5.48 Å². The number of carbonyl (C=O) groups is 2. The standard InChI is InChI=1S/C26H30N4O4/c1-3-30-13-12-22(26(32)29-33)24(15-30)28-25(31)18-8-10-20(11-9-18)34-16-19-14-17(2)27-23-7-5-4-6-21(19)23/h4-11,14,22,24,33H,3,12-13,15-16H2,1-2H3,(H,28,31)(H,29,32)/t22-,24+/m0/s1. The Bertz CT molecular complexity index is 1170. The number of carbonyl (C=O) groups excluding carboxylic acids is 2. The van der Waals surface area contributed by atoms with E-state index >= 15 is 0 Å². The fourth-order valence-electron chi connectivity index (χ4n) is 4.48. The van der Waals surface area contributed by atoms with Crippen molar-refractivity contribution in [1.29, 1.82) is 0 Å². The van der Waals surface area contributed by atoms with Gasteiger partial charge in [-0.3, -0.25) is 19.8 Å². The lowest BCUT2D eigenvalue weighted by Crippen LogP contribution is -2.56. The van der Waals surface area contributed by atoms with Gasteiger partial charge in [0.2, 0.25) is 5.91 Å². The van der Waals surface area contributed by atoms with E-state index in [1.807, 2.05) is 44.2 Å². The number of nitrogens with zero attached hydrogens (tertiary/aromatic N) is 2. The maximum Gasteiger partial charge on any atom is 0.251 e. The number of hydroxylamine groups is 1. The first kappa shape index (κ1) is 23.7. The Hall–Kier alpha value is -3.49. The number of amides is 2. The Morgan fingerprint density at radius 3 is 2.68 bits per heavy atom. The van der Waals surface area contributed by atoms with Gasteiger partial charge in [0, 0.05) is 28.8 Å². The molecule has 1 saturated heterocycles. The molecule has 1 aliphatic heterocycles. The molecule has 2 heterocycles. The van der Waals surface area contributed by atoms with Gasteiger partial charge in [-0.15, -0.1) is 0 Å². The van der Waals surface area contributed by atoms with Gasteiger partial charge in [0.05, 0.1) is 17.5 Å². The van der Waals surface area contributed by atoms with E-state index in [1.165, 1.54) is 0 Å². The number of pyridine rings is 1. The van der Waals surface area contributed by atoms with Crippen LogP contribution in [0.15, 0.2) is 54.6 Å². The highest BCUT2D eigenvalue weighted by Gasteiger charge is 2.34. The van der Waals surface area contributed by atoms with Crippen molar-refractivity contribution >= 4 is 22.7 Å². The van der Waals surface area contributed by atoms with E-state index in [-0.39, 0.29) is 11.9 Å². The third-order valence-electron chi connectivity index (χ3n) is 6.35. The highest BCUT2D eigenvalue weighted by molar-refractivity contribution is 5.95. The third-order valence-corrected chi connectivity index (χ3v) is 6.35. The van der Waals surface area contributed by atoms with Gasteiger partial charge in [0.15, 0.2) is 0 Å². The lowest BCUT2D eigenvalue weighted by molar-refractivity contribution is -0.135. The van der Waals surface area contributed by atoms with E-state index in [0.29, 0.717) is 30.9 Å². The number of aromatic nitrogens is 1. The number of piperidine rings is 1. The van der Waals surface area contributed by atoms with Gasteiger partial charge in [-0.05, 0) is 62.8 Å². The molecule has 1 fully saturated rings. The second kappa shape index (κ2) is 10.6. The normalized spacial score (nSPS) is 18.4. The van der Waals surface area contributed by atoms with Crippen molar-refractivity contribution in [3.63, 3.8) is 0 Å². The molecule has 34 heavy (non-hydrogen) atoms. The molecule has 2 atom stereocenters. The van der Waals surface area contributed by atoms with Crippen molar-refractivity contribution in [2.45, 2.75) is 32.9 Å². The van der Waals surface area contributed by atoms with Gasteiger partial charge in [-0.2, -0.15) is 0 Å². The van der Waals surface area contributed by atoms with Crippen LogP contribution in [-0.4, -0.2) is 52.6 Å². The minimum Gasteiger partial charge on any atom is -0.489 e. The van der Waals surface area contributed by atoms with Gasteiger partial charge in [0.1, 0.15) is 12.4 Å². The van der Waals surface area contributed by atoms with Crippen molar-refractivity contribution in [2.75, 3.05) is 19.6 Å². The van der Waals surface area contributed by atoms with Crippen LogP contribution >= 0.6 is 0 Å². The topological polar surface area (TPSA) is 104 Å². The SMILES string of the molecule is CCN1CC[C@H](C(=O)NO)[C@H](NC(=O)c2ccc(OCc3cc(C)nc4ccccc34)cc2)C1. The summed E-state index contributed by atoms with van der Waals surface area (Å²) in [7, 11) is 0. The number of aryl methyl sites for hydroxylation is 1. The summed E-state index contributed by atoms with van der Waals surface area (Å²) in [4.78, 5) is 31.7. The monoisotopic (exact) mass is 462 g/mol. The first-order chi connectivity index (χ1) is 16.5. The van der Waals surface area contributed by atoms with Crippen molar-refractivity contribution in [3.05, 3.63) is 71.4 Å². The van der Waals surface area contributed by atoms with Crippen molar-refractivity contribution < 1.29 is 19.5 Å². The van der Waals surface area contributed by atoms with E-state index in [1.54, 1.807) is 29.7 Å². The van der Waals surface area contributed by atoms with Crippen LogP contribution in [-0.2, 0) is 11.4 Å². The van der Waals surface area contributed by atoms with Crippen LogP contribution in [0.2, 0.25) is 0 Å². The van der Waals surface area contributed by atoms with E-state index in [0.717, 1.165) is 35.2 Å². The first-order valence-corrected chi connectivity index (χ1v) is 11.5. The molecule has 1 aliphatic rings. The molecule has 8 nitrogen and oxygen atoms in total. The van der Waals surface area contributed by atoms with Crippen molar-refractivity contribution in [1.82, 2.24) is 20.7 Å². The molecule has 0 bridgehead atoms. The van der Waals surface area contributed by atoms with E-state index in [4.69, 9.17) is 9.94 Å². The van der Waals surface area contributed by atoms with Crippen molar-refractivity contribution in [3.8, 4) is 5.75 Å². The average molecular weight is 463 g/mol. The summed E-state index contributed by atoms with van der Waals surface area (Å²) in [5.41, 5.74) is 5.13. The number of rotatable bonds is 7. The Kier molecular flexibility index (Phi) is 7.40. The van der Waals surface area contributed by atoms with Crippen molar-refractivity contribution in [2.24, 2.45) is 5.92 Å². The molecule has 2 aromatic carbocycles. The smallest absolute Gasteiger partial charge is 0.251 e. The molecular formula is C26H30N4O4. The van der Waals surface area contributed by atoms with Gasteiger partial charge in [0.25, 0.3) is 5.91 Å². The fraction of sp³-hybridized carbons (Fsp3) is 0.346. The summed E-state index contributed by atoms with van der Waals surface area (Å²) in [5, 5.41) is 13.1. The van der Waals surface area contributed by atoms with Gasteiger partial charge >= 0.3 is 0 Å². The number of fused-ring (bicyclic) bond motifs is 1. The lowest BCUT2D eigenvalue weighted by Gasteiger charge is -2.37. The fourth-order valence-corrected chi connectivity index (χ4v) is 4.48. The van der Waals surface area contributed by atoms with E-state index in [9.17, 15) is 9.59 Å². The largest absolute Gasteiger partial charge is 0.489 e. The molecule has 2 amide bonds. The predicted octanol–water partition coefficient (Wildman–Crippen LogP) is 3.07. The summed E-state index contributed by atoms with van der Waals surface area (Å²) >= 11 is 0. The molecule has 0 spiro atoms. The zero-order valence-corrected chi connectivity index (χ0v) is 19.5. The number of ether oxygens (including phenoxy) is 1. The van der Waals surface area contributed by atoms with E-state index < -0.39 is 11.8 Å². The summed E-state index contributed by atoms with van der Waals surface area (Å²) < 4.78 is 5.98. The number of hydrogen-bond acceptors (Lipinski definition) is 6. The zero-order valence-electron chi connectivity index (χ0n) is 19.5. The number of hydrogen-bond donors (Lipinski definition) is 3. The Morgan fingerprint density at radius 1 is 1.18 bits per heavy atom. The molecule has 0 saturated carbocycles. The highest BCUT2D eigenvalue weighted by Crippen LogP contribution is 2.22. The number of nitrogens with one attached hydrogen (secondary N) is 2. The molecule has 8 heteroatoms. The predicted molar refractivity (Wildman–Crippen MR) is 129 cm³/mol. The van der Waals surface area contributed by atoms with Gasteiger partial charge in [-0.1, -0.05) is 25.1 Å². The third kappa shape index (κ3) is 5.35. The van der Waals surface area contributed by atoms with Crippen LogP contribution in [0.25, 0.3) is 10.9 Å². The molecule has 0 unspecified atom stereocenters. The molecule has 3 N–H and O–H groups in total. The van der Waals surface area contributed by atoms with Crippen LogP contribution < -0.4 is 15.5 Å². The summed E-state index contributed by atoms with van der Waals surface area (Å²) in [6, 6.07) is 16.6. The number of para-hydroxylation sites is 1. The lowest BCUT2D eigenvalue weighted by atomic mass is 9.90. The maximum absolute atomic E-state index is 12.9. The molecule has 0 radical (unpaired) electrons. The van der Waals surface area contributed by atoms with Crippen LogP contribution in [0, 0.1) is 12.8 Å². The average Bonchev–Trinajstić information content (AvgIpc) is 2.86. The molecule has 1 aromatic heterocycles. The molecular weight excluding hydrogens is 432 g/mol. The molecule has 4 rings (SSSR count). The maximum atomic E-state index is 12.9. The number of likely N-dealkylation sites (tertiary alicyclic amines) is 1. The number of likely N-dealkylation sites (N-methyl/N-ethyl adjacent to an activating group) is 1. The second-order valence-corrected chi connectivity index (χ2v) is 8.60.